The Labute approximate surface area is 114 Å². The zero-order chi connectivity index (χ0) is 15.0. The van der Waals surface area contributed by atoms with Crippen molar-refractivity contribution in [2.45, 2.75) is 32.4 Å². The SMILES string of the molecule is CC(C)C(CN(C)C)NC(=O)NC(CCO)C(=O)O. The first kappa shape index (κ1) is 17.7. The maximum Gasteiger partial charge on any atom is 0.326 e. The molecular formula is C12H25N3O4. The normalized spacial score (nSPS) is 14.3. The highest BCUT2D eigenvalue weighted by atomic mass is 16.4. The molecule has 7 nitrogen and oxygen atoms in total. The monoisotopic (exact) mass is 275 g/mol. The van der Waals surface area contributed by atoms with Crippen molar-refractivity contribution in [3.8, 4) is 0 Å². The largest absolute Gasteiger partial charge is 0.480 e. The molecular weight excluding hydrogens is 250 g/mol. The number of hydrogen-bond donors (Lipinski definition) is 4. The predicted octanol–water partition coefficient (Wildman–Crippen LogP) is -0.293. The lowest BCUT2D eigenvalue weighted by molar-refractivity contribution is -0.139. The highest BCUT2D eigenvalue weighted by Crippen LogP contribution is 2.02. The molecule has 0 saturated heterocycles. The third-order valence-corrected chi connectivity index (χ3v) is 2.70. The standard InChI is InChI=1S/C12H25N3O4/c1-8(2)10(7-15(3)4)14-12(19)13-9(5-6-16)11(17)18/h8-10,16H,5-7H2,1-4H3,(H,17,18)(H2,13,14,19). The highest BCUT2D eigenvalue weighted by Gasteiger charge is 2.22. The molecule has 0 aliphatic rings. The minimum Gasteiger partial charge on any atom is -0.480 e. The van der Waals surface area contributed by atoms with Crippen molar-refractivity contribution >= 4 is 12.0 Å². The van der Waals surface area contributed by atoms with Crippen LogP contribution in [0.1, 0.15) is 20.3 Å². The number of carbonyl (C=O) groups excluding carboxylic acids is 1. The van der Waals surface area contributed by atoms with Gasteiger partial charge in [-0.1, -0.05) is 13.8 Å². The number of aliphatic hydroxyl groups is 1. The van der Waals surface area contributed by atoms with Crippen LogP contribution in [0, 0.1) is 5.92 Å². The van der Waals surface area contributed by atoms with E-state index in [-0.39, 0.29) is 25.0 Å². The van der Waals surface area contributed by atoms with E-state index in [2.05, 4.69) is 10.6 Å². The molecule has 0 spiro atoms. The van der Waals surface area contributed by atoms with Crippen molar-refractivity contribution in [2.24, 2.45) is 5.92 Å². The van der Waals surface area contributed by atoms with E-state index < -0.39 is 18.0 Å². The molecule has 2 amide bonds. The van der Waals surface area contributed by atoms with E-state index in [1.54, 1.807) is 0 Å². The third-order valence-electron chi connectivity index (χ3n) is 2.70. The Morgan fingerprint density at radius 1 is 1.21 bits per heavy atom. The summed E-state index contributed by atoms with van der Waals surface area (Å²) in [5.74, 6) is -0.924. The number of aliphatic carboxylic acids is 1. The van der Waals surface area contributed by atoms with E-state index in [4.69, 9.17) is 10.2 Å². The molecule has 0 bridgehead atoms. The summed E-state index contributed by atoms with van der Waals surface area (Å²) in [7, 11) is 3.81. The van der Waals surface area contributed by atoms with Gasteiger partial charge in [0.05, 0.1) is 0 Å². The molecule has 2 atom stereocenters. The van der Waals surface area contributed by atoms with Gasteiger partial charge >= 0.3 is 12.0 Å². The highest BCUT2D eigenvalue weighted by molar-refractivity contribution is 5.82. The minimum atomic E-state index is -1.15. The van der Waals surface area contributed by atoms with Crippen LogP contribution in [0.5, 0.6) is 0 Å². The van der Waals surface area contributed by atoms with E-state index in [9.17, 15) is 9.59 Å². The molecule has 0 aromatic rings. The number of carboxylic acids is 1. The number of nitrogens with one attached hydrogen (secondary N) is 2. The van der Waals surface area contributed by atoms with Crippen LogP contribution in [0.15, 0.2) is 0 Å². The smallest absolute Gasteiger partial charge is 0.326 e. The quantitative estimate of drug-likeness (QED) is 0.487. The lowest BCUT2D eigenvalue weighted by Gasteiger charge is -2.26. The number of urea groups is 1. The fourth-order valence-electron chi connectivity index (χ4n) is 1.57. The molecule has 7 heteroatoms. The Hall–Kier alpha value is -1.34. The topological polar surface area (TPSA) is 102 Å². The number of nitrogens with zero attached hydrogens (tertiary/aromatic N) is 1. The zero-order valence-electron chi connectivity index (χ0n) is 12.0. The Bertz CT molecular complexity index is 295. The van der Waals surface area contributed by atoms with Gasteiger partial charge in [0.15, 0.2) is 0 Å². The summed E-state index contributed by atoms with van der Waals surface area (Å²) in [6.45, 7) is 4.35. The van der Waals surface area contributed by atoms with Crippen molar-refractivity contribution < 1.29 is 19.8 Å². The van der Waals surface area contributed by atoms with Gasteiger partial charge in [-0.25, -0.2) is 9.59 Å². The molecule has 0 aromatic heterocycles. The molecule has 19 heavy (non-hydrogen) atoms. The molecule has 0 aromatic carbocycles. The summed E-state index contributed by atoms with van der Waals surface area (Å²) in [6.07, 6.45) is -0.0111. The van der Waals surface area contributed by atoms with Crippen LogP contribution in [0.25, 0.3) is 0 Å². The van der Waals surface area contributed by atoms with Crippen molar-refractivity contribution in [1.29, 1.82) is 0 Å². The summed E-state index contributed by atoms with van der Waals surface area (Å²) in [4.78, 5) is 24.6. The summed E-state index contributed by atoms with van der Waals surface area (Å²) in [6, 6.07) is -1.67. The van der Waals surface area contributed by atoms with E-state index in [0.29, 0.717) is 6.54 Å². The van der Waals surface area contributed by atoms with E-state index >= 15 is 0 Å². The van der Waals surface area contributed by atoms with Crippen LogP contribution in [0.2, 0.25) is 0 Å². The summed E-state index contributed by atoms with van der Waals surface area (Å²) >= 11 is 0. The second-order valence-electron chi connectivity index (χ2n) is 5.13. The maximum atomic E-state index is 11.7. The minimum absolute atomic E-state index is 0.0111. The van der Waals surface area contributed by atoms with Crippen LogP contribution in [0.3, 0.4) is 0 Å². The molecule has 0 radical (unpaired) electrons. The lowest BCUT2D eigenvalue weighted by atomic mass is 10.0. The number of aliphatic hydroxyl groups excluding tert-OH is 1. The van der Waals surface area contributed by atoms with E-state index in [1.165, 1.54) is 0 Å². The first-order valence-corrected chi connectivity index (χ1v) is 6.33. The van der Waals surface area contributed by atoms with Gasteiger partial charge < -0.3 is 25.7 Å². The number of carboxylic acid groups (broad SMARTS) is 1. The van der Waals surface area contributed by atoms with Crippen molar-refractivity contribution in [3.05, 3.63) is 0 Å². The lowest BCUT2D eigenvalue weighted by Crippen LogP contribution is -2.52. The van der Waals surface area contributed by atoms with Crippen LogP contribution < -0.4 is 10.6 Å². The number of hydrogen-bond acceptors (Lipinski definition) is 4. The third kappa shape index (κ3) is 7.63. The molecule has 0 aliphatic carbocycles. The summed E-state index contributed by atoms with van der Waals surface area (Å²) in [5, 5.41) is 22.7. The number of carbonyl (C=O) groups is 2. The van der Waals surface area contributed by atoms with E-state index in [0.717, 1.165) is 0 Å². The Morgan fingerprint density at radius 2 is 1.79 bits per heavy atom. The second-order valence-corrected chi connectivity index (χ2v) is 5.13. The van der Waals surface area contributed by atoms with Crippen LogP contribution in [0.4, 0.5) is 4.79 Å². The Morgan fingerprint density at radius 3 is 2.16 bits per heavy atom. The Kier molecular flexibility index (Phi) is 8.09. The fraction of sp³-hybridized carbons (Fsp3) is 0.833. The van der Waals surface area contributed by atoms with Crippen LogP contribution in [-0.2, 0) is 4.79 Å². The van der Waals surface area contributed by atoms with E-state index in [1.807, 2.05) is 32.8 Å². The molecule has 0 fully saturated rings. The predicted molar refractivity (Wildman–Crippen MR) is 72.0 cm³/mol. The number of rotatable bonds is 8. The molecule has 0 heterocycles. The van der Waals surface area contributed by atoms with Gasteiger partial charge in [0, 0.05) is 25.6 Å². The van der Waals surface area contributed by atoms with Crippen LogP contribution >= 0.6 is 0 Å². The van der Waals surface area contributed by atoms with Gasteiger partial charge in [-0.15, -0.1) is 0 Å². The molecule has 0 saturated carbocycles. The van der Waals surface area contributed by atoms with Gasteiger partial charge in [0.1, 0.15) is 6.04 Å². The van der Waals surface area contributed by atoms with Gasteiger partial charge in [0.25, 0.3) is 0 Å². The Balaban J connectivity index is 4.42. The van der Waals surface area contributed by atoms with Gasteiger partial charge in [0.2, 0.25) is 0 Å². The van der Waals surface area contributed by atoms with Gasteiger partial charge in [-0.2, -0.15) is 0 Å². The van der Waals surface area contributed by atoms with Crippen molar-refractivity contribution in [2.75, 3.05) is 27.2 Å². The molecule has 0 rings (SSSR count). The average Bonchev–Trinajstić information content (AvgIpc) is 2.26. The first-order valence-electron chi connectivity index (χ1n) is 6.33. The maximum absolute atomic E-state index is 11.7. The zero-order valence-corrected chi connectivity index (χ0v) is 12.0. The second kappa shape index (κ2) is 8.71. The number of likely N-dealkylation sites (N-methyl/N-ethyl adjacent to an activating group) is 1. The molecule has 112 valence electrons. The van der Waals surface area contributed by atoms with Gasteiger partial charge in [-0.05, 0) is 20.0 Å². The molecule has 4 N–H and O–H groups in total. The van der Waals surface area contributed by atoms with Crippen LogP contribution in [-0.4, -0.2) is 66.4 Å². The van der Waals surface area contributed by atoms with Gasteiger partial charge in [-0.3, -0.25) is 0 Å². The number of amides is 2. The summed E-state index contributed by atoms with van der Waals surface area (Å²) in [5.41, 5.74) is 0. The van der Waals surface area contributed by atoms with Crippen molar-refractivity contribution in [3.63, 3.8) is 0 Å². The molecule has 0 aliphatic heterocycles. The summed E-state index contributed by atoms with van der Waals surface area (Å²) < 4.78 is 0. The average molecular weight is 275 g/mol. The fourth-order valence-corrected chi connectivity index (χ4v) is 1.57. The first-order chi connectivity index (χ1) is 8.77. The molecule has 2 unspecified atom stereocenters. The van der Waals surface area contributed by atoms with Crippen molar-refractivity contribution in [1.82, 2.24) is 15.5 Å².